The Labute approximate surface area is 57.9 Å². The second kappa shape index (κ2) is 2.47. The molecule has 3 heteroatoms. The van der Waals surface area contributed by atoms with Crippen LogP contribution in [0.5, 0.6) is 0 Å². The van der Waals surface area contributed by atoms with Crippen LogP contribution in [0.25, 0.3) is 0 Å². The minimum atomic E-state index is 0.278. The number of aromatic nitrogens is 2. The van der Waals surface area contributed by atoms with Gasteiger partial charge in [-0.1, -0.05) is 11.6 Å². The van der Waals surface area contributed by atoms with Gasteiger partial charge in [0, 0.05) is 12.4 Å². The van der Waals surface area contributed by atoms with Crippen LogP contribution in [0.1, 0.15) is 5.69 Å². The Morgan fingerprint density at radius 3 is 2.56 bits per heavy atom. The number of hydrogen-bond acceptors (Lipinski definition) is 2. The van der Waals surface area contributed by atoms with Crippen LogP contribution in [0.3, 0.4) is 0 Å². The van der Waals surface area contributed by atoms with Crippen molar-refractivity contribution in [1.82, 2.24) is 9.97 Å². The lowest BCUT2D eigenvalue weighted by atomic mass is 10.5. The summed E-state index contributed by atoms with van der Waals surface area (Å²) in [5.74, 6) is 2.29. The highest BCUT2D eigenvalue weighted by atomic mass is 35.5. The van der Waals surface area contributed by atoms with Crippen molar-refractivity contribution in [3.8, 4) is 12.3 Å². The van der Waals surface area contributed by atoms with E-state index in [1.54, 1.807) is 0 Å². The molecular weight excluding hydrogens is 136 g/mol. The maximum atomic E-state index is 5.51. The molecule has 0 bridgehead atoms. The van der Waals surface area contributed by atoms with Crippen molar-refractivity contribution in [2.75, 3.05) is 0 Å². The van der Waals surface area contributed by atoms with E-state index >= 15 is 0 Å². The van der Waals surface area contributed by atoms with Gasteiger partial charge in [0.15, 0.2) is 5.15 Å². The first-order valence-electron chi connectivity index (χ1n) is 2.27. The maximum Gasteiger partial charge on any atom is 0.163 e. The van der Waals surface area contributed by atoms with Crippen LogP contribution in [-0.4, -0.2) is 9.97 Å². The van der Waals surface area contributed by atoms with Crippen molar-refractivity contribution in [2.24, 2.45) is 0 Å². The summed E-state index contributed by atoms with van der Waals surface area (Å²) in [7, 11) is 0. The molecule has 0 fully saturated rings. The number of hydrogen-bond donors (Lipinski definition) is 0. The van der Waals surface area contributed by atoms with E-state index in [1.807, 2.05) is 0 Å². The van der Waals surface area contributed by atoms with Gasteiger partial charge in [-0.3, -0.25) is 0 Å². The second-order valence-corrected chi connectivity index (χ2v) is 1.70. The van der Waals surface area contributed by atoms with Crippen molar-refractivity contribution in [3.63, 3.8) is 0 Å². The summed E-state index contributed by atoms with van der Waals surface area (Å²) in [4.78, 5) is 7.48. The van der Waals surface area contributed by atoms with Gasteiger partial charge < -0.3 is 0 Å². The topological polar surface area (TPSA) is 25.8 Å². The van der Waals surface area contributed by atoms with Gasteiger partial charge in [-0.25, -0.2) is 9.97 Å². The lowest BCUT2D eigenvalue weighted by Crippen LogP contribution is -1.84. The molecule has 0 spiro atoms. The van der Waals surface area contributed by atoms with Crippen LogP contribution in [-0.2, 0) is 0 Å². The van der Waals surface area contributed by atoms with Crippen molar-refractivity contribution < 1.29 is 0 Å². The van der Waals surface area contributed by atoms with E-state index in [1.165, 1.54) is 12.4 Å². The van der Waals surface area contributed by atoms with Gasteiger partial charge in [0.05, 0.1) is 0 Å². The van der Waals surface area contributed by atoms with Crippen molar-refractivity contribution in [1.29, 1.82) is 0 Å². The maximum absolute atomic E-state index is 5.51. The van der Waals surface area contributed by atoms with Crippen LogP contribution < -0.4 is 0 Å². The molecule has 1 rings (SSSR count). The highest BCUT2D eigenvalue weighted by Crippen LogP contribution is 2.05. The van der Waals surface area contributed by atoms with E-state index in [0.717, 1.165) is 0 Å². The molecule has 0 saturated carbocycles. The molecule has 0 aliphatic carbocycles. The molecule has 0 aromatic carbocycles. The zero-order chi connectivity index (χ0) is 6.69. The third-order valence-corrected chi connectivity index (χ3v) is 1.07. The zero-order valence-corrected chi connectivity index (χ0v) is 5.26. The van der Waals surface area contributed by atoms with E-state index < -0.39 is 0 Å². The fraction of sp³-hybridized carbons (Fsp3) is 0. The summed E-state index contributed by atoms with van der Waals surface area (Å²) in [6.45, 7) is 0. The fourth-order valence-electron chi connectivity index (χ4n) is 0.418. The van der Waals surface area contributed by atoms with E-state index in [2.05, 4.69) is 15.9 Å². The predicted octanol–water partition coefficient (Wildman–Crippen LogP) is 1.11. The first-order chi connectivity index (χ1) is 4.34. The first-order valence-corrected chi connectivity index (χ1v) is 2.65. The van der Waals surface area contributed by atoms with Gasteiger partial charge >= 0.3 is 0 Å². The first kappa shape index (κ1) is 6.06. The van der Waals surface area contributed by atoms with Crippen LogP contribution >= 0.6 is 11.6 Å². The third-order valence-electron chi connectivity index (χ3n) is 0.790. The van der Waals surface area contributed by atoms with E-state index in [9.17, 15) is 0 Å². The smallest absolute Gasteiger partial charge is 0.163 e. The minimum absolute atomic E-state index is 0.278. The highest BCUT2D eigenvalue weighted by molar-refractivity contribution is 6.30. The molecule has 1 heterocycles. The zero-order valence-electron chi connectivity index (χ0n) is 4.50. The van der Waals surface area contributed by atoms with E-state index in [4.69, 9.17) is 18.0 Å². The highest BCUT2D eigenvalue weighted by Gasteiger charge is 1.93. The van der Waals surface area contributed by atoms with Crippen molar-refractivity contribution >= 4 is 11.6 Å². The molecule has 0 unspecified atom stereocenters. The molecular formula is C6H3ClN2. The Balaban J connectivity index is 3.20. The van der Waals surface area contributed by atoms with Crippen molar-refractivity contribution in [2.45, 2.75) is 0 Å². The van der Waals surface area contributed by atoms with E-state index in [0.29, 0.717) is 5.69 Å². The summed E-state index contributed by atoms with van der Waals surface area (Å²) >= 11 is 5.51. The molecule has 0 saturated heterocycles. The Morgan fingerprint density at radius 2 is 2.11 bits per heavy atom. The van der Waals surface area contributed by atoms with Crippen molar-refractivity contribution in [3.05, 3.63) is 23.2 Å². The lowest BCUT2D eigenvalue weighted by Gasteiger charge is -1.88. The number of rotatable bonds is 0. The summed E-state index contributed by atoms with van der Waals surface area (Å²) in [6, 6.07) is 0. The molecule has 0 N–H and O–H groups in total. The van der Waals surface area contributed by atoms with Crippen LogP contribution in [0.2, 0.25) is 5.15 Å². The van der Waals surface area contributed by atoms with E-state index in [-0.39, 0.29) is 5.15 Å². The molecule has 0 radical (unpaired) electrons. The molecule has 2 nitrogen and oxygen atoms in total. The molecule has 1 aromatic heterocycles. The molecule has 0 aliphatic heterocycles. The molecule has 1 aromatic rings. The average Bonchev–Trinajstić information content (AvgIpc) is 1.89. The second-order valence-electron chi connectivity index (χ2n) is 1.34. The summed E-state index contributed by atoms with van der Waals surface area (Å²) in [5, 5.41) is 0.278. The fourth-order valence-corrected chi connectivity index (χ4v) is 0.578. The summed E-state index contributed by atoms with van der Waals surface area (Å²) in [5.41, 5.74) is 0.388. The summed E-state index contributed by atoms with van der Waals surface area (Å²) in [6.07, 6.45) is 8.00. The van der Waals surface area contributed by atoms with Gasteiger partial charge in [-0.05, 0) is 5.92 Å². The Hall–Kier alpha value is -1.07. The third kappa shape index (κ3) is 1.18. The standard InChI is InChI=1S/C6H3ClN2/c1-2-5-6(7)9-4-3-8-5/h1,3-4H. The average molecular weight is 139 g/mol. The van der Waals surface area contributed by atoms with Crippen LogP contribution in [0.15, 0.2) is 12.4 Å². The molecule has 44 valence electrons. The number of halogens is 1. The molecule has 0 atom stereocenters. The van der Waals surface area contributed by atoms with Gasteiger partial charge in [0.1, 0.15) is 5.69 Å². The normalized spacial score (nSPS) is 8.44. The van der Waals surface area contributed by atoms with Crippen LogP contribution in [0.4, 0.5) is 0 Å². The molecule has 9 heavy (non-hydrogen) atoms. The van der Waals surface area contributed by atoms with Crippen LogP contribution in [0, 0.1) is 12.3 Å². The Morgan fingerprint density at radius 1 is 1.44 bits per heavy atom. The number of nitrogens with zero attached hydrogens (tertiary/aromatic N) is 2. The van der Waals surface area contributed by atoms with Gasteiger partial charge in [-0.15, -0.1) is 6.42 Å². The molecule has 0 aliphatic rings. The quantitative estimate of drug-likeness (QED) is 0.502. The minimum Gasteiger partial charge on any atom is -0.243 e. The Bertz CT molecular complexity index is 251. The van der Waals surface area contributed by atoms with Gasteiger partial charge in [0.2, 0.25) is 0 Å². The number of terminal acetylenes is 1. The summed E-state index contributed by atoms with van der Waals surface area (Å²) < 4.78 is 0. The largest absolute Gasteiger partial charge is 0.243 e. The predicted molar refractivity (Wildman–Crippen MR) is 35.0 cm³/mol. The van der Waals surface area contributed by atoms with Gasteiger partial charge in [0.25, 0.3) is 0 Å². The molecule has 0 amide bonds. The van der Waals surface area contributed by atoms with Gasteiger partial charge in [-0.2, -0.15) is 0 Å². The lowest BCUT2D eigenvalue weighted by molar-refractivity contribution is 1.17. The SMILES string of the molecule is C#Cc1nccnc1Cl. The monoisotopic (exact) mass is 138 g/mol. The Kier molecular flexibility index (Phi) is 1.66.